The molecule has 0 aliphatic carbocycles. The largest absolute Gasteiger partial charge is 0.479 e. The summed E-state index contributed by atoms with van der Waals surface area (Å²) in [6.45, 7) is 2.01. The number of carbonyl (C=O) groups is 2. The molecule has 1 fully saturated rings. The van der Waals surface area contributed by atoms with Gasteiger partial charge < -0.3 is 25.7 Å². The van der Waals surface area contributed by atoms with Crippen molar-refractivity contribution in [3.05, 3.63) is 0 Å². The summed E-state index contributed by atoms with van der Waals surface area (Å²) in [7, 11) is 2.01. The van der Waals surface area contributed by atoms with Gasteiger partial charge in [0.05, 0.1) is 0 Å². The number of urea groups is 1. The average Bonchev–Trinajstić information content (AvgIpc) is 2.28. The van der Waals surface area contributed by atoms with Crippen LogP contribution in [-0.4, -0.2) is 65.9 Å². The Bertz CT molecular complexity index is 298. The molecule has 2 amide bonds. The van der Waals surface area contributed by atoms with Crippen LogP contribution in [0.1, 0.15) is 19.3 Å². The first kappa shape index (κ1) is 14.7. The quantitative estimate of drug-likeness (QED) is 0.518. The van der Waals surface area contributed by atoms with Gasteiger partial charge in [-0.05, 0) is 26.4 Å². The van der Waals surface area contributed by atoms with Crippen molar-refractivity contribution in [2.45, 2.75) is 31.4 Å². The number of aliphatic hydroxyl groups is 1. The zero-order valence-corrected chi connectivity index (χ0v) is 10.6. The van der Waals surface area contributed by atoms with Gasteiger partial charge in [0.15, 0.2) is 6.10 Å². The molecule has 0 aromatic carbocycles. The summed E-state index contributed by atoms with van der Waals surface area (Å²) in [5.74, 6) is -1.27. The van der Waals surface area contributed by atoms with Crippen LogP contribution in [0.3, 0.4) is 0 Å². The molecule has 18 heavy (non-hydrogen) atoms. The van der Waals surface area contributed by atoms with E-state index < -0.39 is 12.1 Å². The predicted molar refractivity (Wildman–Crippen MR) is 65.3 cm³/mol. The Balaban J connectivity index is 2.15. The predicted octanol–water partition coefficient (Wildman–Crippen LogP) is -0.785. The van der Waals surface area contributed by atoms with Crippen LogP contribution >= 0.6 is 0 Å². The first-order valence-corrected chi connectivity index (χ1v) is 6.13. The summed E-state index contributed by atoms with van der Waals surface area (Å²) >= 11 is 0. The lowest BCUT2D eigenvalue weighted by Crippen LogP contribution is -2.49. The van der Waals surface area contributed by atoms with Gasteiger partial charge in [-0.2, -0.15) is 0 Å². The molecule has 0 aromatic rings. The van der Waals surface area contributed by atoms with E-state index in [0.717, 1.165) is 25.9 Å². The van der Waals surface area contributed by atoms with Crippen LogP contribution < -0.4 is 10.6 Å². The standard InChI is InChI=1S/C11H21N3O4/c1-14-6-2-3-8(7-14)13-11(18)12-5-4-9(15)10(16)17/h8-9,15H,2-7H2,1H3,(H,16,17)(H2,12,13,18)/t8?,9-/m0/s1. The van der Waals surface area contributed by atoms with E-state index in [9.17, 15) is 9.59 Å². The van der Waals surface area contributed by atoms with Crippen LogP contribution in [0, 0.1) is 0 Å². The number of amides is 2. The van der Waals surface area contributed by atoms with Gasteiger partial charge in [0.2, 0.25) is 0 Å². The summed E-state index contributed by atoms with van der Waals surface area (Å²) in [5.41, 5.74) is 0. The number of rotatable bonds is 5. The van der Waals surface area contributed by atoms with Crippen molar-refractivity contribution in [1.29, 1.82) is 0 Å². The molecule has 0 bridgehead atoms. The van der Waals surface area contributed by atoms with Crippen LogP contribution in [0.5, 0.6) is 0 Å². The number of carboxylic acids is 1. The third kappa shape index (κ3) is 5.33. The van der Waals surface area contributed by atoms with E-state index in [1.165, 1.54) is 0 Å². The summed E-state index contributed by atoms with van der Waals surface area (Å²) in [4.78, 5) is 24.0. The Morgan fingerprint density at radius 3 is 2.83 bits per heavy atom. The topological polar surface area (TPSA) is 102 Å². The summed E-state index contributed by atoms with van der Waals surface area (Å²) in [5, 5.41) is 22.8. The fourth-order valence-corrected chi connectivity index (χ4v) is 1.97. The fraction of sp³-hybridized carbons (Fsp3) is 0.818. The van der Waals surface area contributed by atoms with Gasteiger partial charge in [-0.15, -0.1) is 0 Å². The van der Waals surface area contributed by atoms with Crippen molar-refractivity contribution in [3.8, 4) is 0 Å². The summed E-state index contributed by atoms with van der Waals surface area (Å²) in [6.07, 6.45) is 0.591. The lowest BCUT2D eigenvalue weighted by Gasteiger charge is -2.30. The van der Waals surface area contributed by atoms with Crippen LogP contribution in [0.25, 0.3) is 0 Å². The van der Waals surface area contributed by atoms with Crippen molar-refractivity contribution in [1.82, 2.24) is 15.5 Å². The number of nitrogens with one attached hydrogen (secondary N) is 2. The van der Waals surface area contributed by atoms with E-state index in [-0.39, 0.29) is 25.0 Å². The maximum atomic E-state index is 11.5. The van der Waals surface area contributed by atoms with E-state index in [4.69, 9.17) is 10.2 Å². The molecule has 2 atom stereocenters. The minimum Gasteiger partial charge on any atom is -0.479 e. The molecule has 1 unspecified atom stereocenters. The molecule has 1 heterocycles. The Kier molecular flexibility index (Phi) is 5.87. The Hall–Kier alpha value is -1.34. The fourth-order valence-electron chi connectivity index (χ4n) is 1.97. The molecule has 104 valence electrons. The molecule has 1 aliphatic rings. The summed E-state index contributed by atoms with van der Waals surface area (Å²) < 4.78 is 0. The first-order valence-electron chi connectivity index (χ1n) is 6.13. The molecule has 7 heteroatoms. The van der Waals surface area contributed by atoms with Crippen molar-refractivity contribution >= 4 is 12.0 Å². The SMILES string of the molecule is CN1CCCC(NC(=O)NCC[C@H](O)C(=O)O)C1. The highest BCUT2D eigenvalue weighted by molar-refractivity contribution is 5.74. The molecule has 1 aliphatic heterocycles. The molecular formula is C11H21N3O4. The highest BCUT2D eigenvalue weighted by Gasteiger charge is 2.19. The number of carbonyl (C=O) groups excluding carboxylic acids is 1. The number of aliphatic hydroxyl groups excluding tert-OH is 1. The summed E-state index contributed by atoms with van der Waals surface area (Å²) in [6, 6.07) is -0.180. The number of likely N-dealkylation sites (N-methyl/N-ethyl adjacent to an activating group) is 1. The number of carboxylic acid groups (broad SMARTS) is 1. The molecule has 4 N–H and O–H groups in total. The number of hydrogen-bond acceptors (Lipinski definition) is 4. The maximum Gasteiger partial charge on any atom is 0.332 e. The third-order valence-electron chi connectivity index (χ3n) is 2.95. The van der Waals surface area contributed by atoms with Crippen LogP contribution in [-0.2, 0) is 4.79 Å². The van der Waals surface area contributed by atoms with Crippen LogP contribution in [0.15, 0.2) is 0 Å². The minimum atomic E-state index is -1.42. The van der Waals surface area contributed by atoms with Crippen LogP contribution in [0.2, 0.25) is 0 Å². The number of piperidine rings is 1. The van der Waals surface area contributed by atoms with Gasteiger partial charge >= 0.3 is 12.0 Å². The van der Waals surface area contributed by atoms with E-state index in [1.54, 1.807) is 0 Å². The maximum absolute atomic E-state index is 11.5. The number of aliphatic carboxylic acids is 1. The molecule has 0 aromatic heterocycles. The molecule has 0 radical (unpaired) electrons. The monoisotopic (exact) mass is 259 g/mol. The van der Waals surface area contributed by atoms with Gasteiger partial charge in [-0.1, -0.05) is 0 Å². The van der Waals surface area contributed by atoms with Gasteiger partial charge in [-0.25, -0.2) is 9.59 Å². The van der Waals surface area contributed by atoms with Crippen molar-refractivity contribution in [2.75, 3.05) is 26.7 Å². The lowest BCUT2D eigenvalue weighted by molar-refractivity contribution is -0.146. The number of hydrogen-bond donors (Lipinski definition) is 4. The lowest BCUT2D eigenvalue weighted by atomic mass is 10.1. The molecule has 0 spiro atoms. The van der Waals surface area contributed by atoms with E-state index >= 15 is 0 Å². The Morgan fingerprint density at radius 2 is 2.22 bits per heavy atom. The minimum absolute atomic E-state index is 0.00726. The molecule has 1 saturated heterocycles. The Morgan fingerprint density at radius 1 is 1.50 bits per heavy atom. The van der Waals surface area contributed by atoms with Gasteiger partial charge in [0, 0.05) is 25.6 Å². The van der Waals surface area contributed by atoms with Crippen molar-refractivity contribution < 1.29 is 19.8 Å². The van der Waals surface area contributed by atoms with Crippen molar-refractivity contribution in [3.63, 3.8) is 0 Å². The Labute approximate surface area is 106 Å². The van der Waals surface area contributed by atoms with Crippen molar-refractivity contribution in [2.24, 2.45) is 0 Å². The first-order chi connectivity index (χ1) is 8.49. The van der Waals surface area contributed by atoms with Crippen LogP contribution in [0.4, 0.5) is 4.79 Å². The zero-order chi connectivity index (χ0) is 13.5. The number of nitrogens with zero attached hydrogens (tertiary/aromatic N) is 1. The van der Waals surface area contributed by atoms with Gasteiger partial charge in [0.1, 0.15) is 0 Å². The highest BCUT2D eigenvalue weighted by atomic mass is 16.4. The average molecular weight is 259 g/mol. The molecular weight excluding hydrogens is 238 g/mol. The third-order valence-corrected chi connectivity index (χ3v) is 2.95. The van der Waals surface area contributed by atoms with E-state index in [1.807, 2.05) is 7.05 Å². The van der Waals surface area contributed by atoms with Gasteiger partial charge in [-0.3, -0.25) is 0 Å². The second-order valence-corrected chi connectivity index (χ2v) is 4.64. The van der Waals surface area contributed by atoms with E-state index in [2.05, 4.69) is 15.5 Å². The second-order valence-electron chi connectivity index (χ2n) is 4.64. The molecule has 0 saturated carbocycles. The molecule has 7 nitrogen and oxygen atoms in total. The number of likely N-dealkylation sites (tertiary alicyclic amines) is 1. The van der Waals surface area contributed by atoms with Gasteiger partial charge in [0.25, 0.3) is 0 Å². The smallest absolute Gasteiger partial charge is 0.332 e. The second kappa shape index (κ2) is 7.17. The van der Waals surface area contributed by atoms with E-state index in [0.29, 0.717) is 0 Å². The molecule has 1 rings (SSSR count). The highest BCUT2D eigenvalue weighted by Crippen LogP contribution is 2.07. The normalized spacial score (nSPS) is 22.2. The zero-order valence-electron chi connectivity index (χ0n) is 10.6.